The van der Waals surface area contributed by atoms with Crippen molar-refractivity contribution in [3.05, 3.63) is 56.2 Å². The number of hydrogen-bond donors (Lipinski definition) is 1. The highest BCUT2D eigenvalue weighted by Gasteiger charge is 2.15. The number of halogens is 5. The predicted octanol–water partition coefficient (Wildman–Crippen LogP) is 5.24. The van der Waals surface area contributed by atoms with Gasteiger partial charge in [0.05, 0.1) is 21.4 Å². The minimum Gasteiger partial charge on any atom is -0.350 e. The molecule has 0 amide bonds. The highest BCUT2D eigenvalue weighted by Crippen LogP contribution is 2.33. The highest BCUT2D eigenvalue weighted by molar-refractivity contribution is 9.11. The van der Waals surface area contributed by atoms with Gasteiger partial charge in [0, 0.05) is 10.5 Å². The smallest absolute Gasteiger partial charge is 0.162 e. The number of nitriles is 1. The molecular formula is C13H5Br2F3N2. The Hall–Kier alpha value is -1.52. The van der Waals surface area contributed by atoms with E-state index in [4.69, 9.17) is 5.26 Å². The van der Waals surface area contributed by atoms with Gasteiger partial charge in [-0.2, -0.15) is 5.26 Å². The summed E-state index contributed by atoms with van der Waals surface area (Å²) in [6, 6.07) is 6.23. The average Bonchev–Trinajstić information content (AvgIpc) is 2.38. The van der Waals surface area contributed by atoms with E-state index in [0.717, 1.165) is 6.07 Å². The zero-order chi connectivity index (χ0) is 14.9. The summed E-state index contributed by atoms with van der Waals surface area (Å²) >= 11 is 5.95. The third kappa shape index (κ3) is 2.81. The molecule has 0 aliphatic heterocycles. The second kappa shape index (κ2) is 5.85. The van der Waals surface area contributed by atoms with E-state index >= 15 is 0 Å². The lowest BCUT2D eigenvalue weighted by molar-refractivity contribution is 0.584. The van der Waals surface area contributed by atoms with Crippen LogP contribution in [0.25, 0.3) is 0 Å². The van der Waals surface area contributed by atoms with E-state index in [0.29, 0.717) is 6.07 Å². The van der Waals surface area contributed by atoms with Crippen LogP contribution in [0.15, 0.2) is 33.2 Å². The second-order valence-electron chi connectivity index (χ2n) is 3.77. The van der Waals surface area contributed by atoms with Crippen LogP contribution in [0.2, 0.25) is 0 Å². The SMILES string of the molecule is N#Cc1ccc(Nc2c(F)cc(F)cc2Br)c(F)c1Br. The molecule has 2 aromatic rings. The highest BCUT2D eigenvalue weighted by atomic mass is 79.9. The largest absolute Gasteiger partial charge is 0.350 e. The minimum absolute atomic E-state index is 0.0244. The van der Waals surface area contributed by atoms with Gasteiger partial charge in [-0.3, -0.25) is 0 Å². The summed E-state index contributed by atoms with van der Waals surface area (Å²) < 4.78 is 40.7. The zero-order valence-electron chi connectivity index (χ0n) is 9.65. The lowest BCUT2D eigenvalue weighted by Gasteiger charge is -2.12. The van der Waals surface area contributed by atoms with Crippen molar-refractivity contribution in [3.8, 4) is 6.07 Å². The Kier molecular flexibility index (Phi) is 4.35. The maximum atomic E-state index is 14.0. The Labute approximate surface area is 129 Å². The van der Waals surface area contributed by atoms with Gasteiger partial charge < -0.3 is 5.32 Å². The molecule has 0 spiro atoms. The molecule has 0 atom stereocenters. The molecule has 2 nitrogen and oxygen atoms in total. The molecule has 0 aliphatic carbocycles. The van der Waals surface area contributed by atoms with Gasteiger partial charge in [-0.05, 0) is 50.1 Å². The van der Waals surface area contributed by atoms with Crippen molar-refractivity contribution in [3.63, 3.8) is 0 Å². The summed E-state index contributed by atoms with van der Waals surface area (Å²) in [4.78, 5) is 0. The molecule has 102 valence electrons. The van der Waals surface area contributed by atoms with Crippen molar-refractivity contribution in [2.75, 3.05) is 5.32 Å². The molecule has 7 heteroatoms. The van der Waals surface area contributed by atoms with Crippen LogP contribution in [-0.4, -0.2) is 0 Å². The molecule has 2 aromatic carbocycles. The summed E-state index contributed by atoms with van der Waals surface area (Å²) in [5, 5.41) is 11.3. The van der Waals surface area contributed by atoms with E-state index in [9.17, 15) is 13.2 Å². The molecule has 20 heavy (non-hydrogen) atoms. The molecule has 0 saturated heterocycles. The van der Waals surface area contributed by atoms with Crippen LogP contribution in [0.5, 0.6) is 0 Å². The number of anilines is 2. The van der Waals surface area contributed by atoms with E-state index in [1.54, 1.807) is 0 Å². The summed E-state index contributed by atoms with van der Waals surface area (Å²) in [5.74, 6) is -2.35. The predicted molar refractivity (Wildman–Crippen MR) is 76.2 cm³/mol. The summed E-state index contributed by atoms with van der Waals surface area (Å²) in [6.07, 6.45) is 0. The van der Waals surface area contributed by atoms with Crippen LogP contribution in [0.3, 0.4) is 0 Å². The second-order valence-corrected chi connectivity index (χ2v) is 5.42. The van der Waals surface area contributed by atoms with Gasteiger partial charge in [0.2, 0.25) is 0 Å². The van der Waals surface area contributed by atoms with Crippen LogP contribution in [0, 0.1) is 28.8 Å². The Morgan fingerprint density at radius 3 is 2.40 bits per heavy atom. The first kappa shape index (κ1) is 14.9. The van der Waals surface area contributed by atoms with Crippen LogP contribution in [-0.2, 0) is 0 Å². The van der Waals surface area contributed by atoms with Gasteiger partial charge in [-0.15, -0.1) is 0 Å². The molecule has 2 rings (SSSR count). The van der Waals surface area contributed by atoms with Crippen molar-refractivity contribution in [1.29, 1.82) is 5.26 Å². The molecule has 0 bridgehead atoms. The number of benzene rings is 2. The number of nitrogens with zero attached hydrogens (tertiary/aromatic N) is 1. The number of hydrogen-bond acceptors (Lipinski definition) is 2. The van der Waals surface area contributed by atoms with Crippen LogP contribution < -0.4 is 5.32 Å². The molecule has 1 N–H and O–H groups in total. The van der Waals surface area contributed by atoms with Gasteiger partial charge >= 0.3 is 0 Å². The standard InChI is InChI=1S/C13H5Br2F3N2/c14-8-3-7(16)4-9(17)13(8)20-10-2-1-6(5-19)11(15)12(10)18/h1-4,20H. The molecule has 0 aliphatic rings. The third-order valence-electron chi connectivity index (χ3n) is 2.47. The Balaban J connectivity index is 2.47. The average molecular weight is 406 g/mol. The van der Waals surface area contributed by atoms with Gasteiger partial charge in [-0.1, -0.05) is 0 Å². The van der Waals surface area contributed by atoms with E-state index in [1.165, 1.54) is 12.1 Å². The maximum absolute atomic E-state index is 14.0. The number of rotatable bonds is 2. The molecule has 0 heterocycles. The lowest BCUT2D eigenvalue weighted by atomic mass is 10.2. The Morgan fingerprint density at radius 2 is 1.80 bits per heavy atom. The lowest BCUT2D eigenvalue weighted by Crippen LogP contribution is -2.00. The topological polar surface area (TPSA) is 35.8 Å². The van der Waals surface area contributed by atoms with E-state index in [-0.39, 0.29) is 25.9 Å². The van der Waals surface area contributed by atoms with Crippen molar-refractivity contribution >= 4 is 43.2 Å². The molecule has 0 unspecified atom stereocenters. The summed E-state index contributed by atoms with van der Waals surface area (Å²) in [5.41, 5.74) is -0.0179. The third-order valence-corrected chi connectivity index (χ3v) is 3.87. The summed E-state index contributed by atoms with van der Waals surface area (Å²) in [7, 11) is 0. The fourth-order valence-electron chi connectivity index (χ4n) is 1.53. The monoisotopic (exact) mass is 404 g/mol. The Bertz CT molecular complexity index is 703. The number of nitrogens with one attached hydrogen (secondary N) is 1. The first-order valence-corrected chi connectivity index (χ1v) is 6.82. The molecule has 0 radical (unpaired) electrons. The first-order valence-electron chi connectivity index (χ1n) is 5.23. The van der Waals surface area contributed by atoms with Crippen LogP contribution in [0.4, 0.5) is 24.5 Å². The zero-order valence-corrected chi connectivity index (χ0v) is 12.8. The fourth-order valence-corrected chi connectivity index (χ4v) is 2.47. The van der Waals surface area contributed by atoms with Crippen LogP contribution >= 0.6 is 31.9 Å². The van der Waals surface area contributed by atoms with Gasteiger partial charge in [-0.25, -0.2) is 13.2 Å². The quantitative estimate of drug-likeness (QED) is 0.741. The van der Waals surface area contributed by atoms with Crippen molar-refractivity contribution in [2.24, 2.45) is 0 Å². The van der Waals surface area contributed by atoms with E-state index in [1.807, 2.05) is 6.07 Å². The molecule has 0 saturated carbocycles. The van der Waals surface area contributed by atoms with Gasteiger partial charge in [0.15, 0.2) is 11.6 Å². The van der Waals surface area contributed by atoms with Crippen molar-refractivity contribution in [2.45, 2.75) is 0 Å². The molecular weight excluding hydrogens is 401 g/mol. The van der Waals surface area contributed by atoms with Crippen molar-refractivity contribution in [1.82, 2.24) is 0 Å². The summed E-state index contributed by atoms with van der Waals surface area (Å²) in [6.45, 7) is 0. The maximum Gasteiger partial charge on any atom is 0.162 e. The van der Waals surface area contributed by atoms with E-state index < -0.39 is 17.5 Å². The van der Waals surface area contributed by atoms with E-state index in [2.05, 4.69) is 37.2 Å². The van der Waals surface area contributed by atoms with Gasteiger partial charge in [0.1, 0.15) is 11.9 Å². The van der Waals surface area contributed by atoms with Crippen LogP contribution in [0.1, 0.15) is 5.56 Å². The first-order chi connectivity index (χ1) is 9.43. The Morgan fingerprint density at radius 1 is 1.10 bits per heavy atom. The van der Waals surface area contributed by atoms with Gasteiger partial charge in [0.25, 0.3) is 0 Å². The normalized spacial score (nSPS) is 10.2. The fraction of sp³-hybridized carbons (Fsp3) is 0. The molecule has 0 aromatic heterocycles. The molecule has 0 fully saturated rings. The minimum atomic E-state index is -0.864. The van der Waals surface area contributed by atoms with Crippen molar-refractivity contribution < 1.29 is 13.2 Å².